The second-order valence-corrected chi connectivity index (χ2v) is 6.55. The number of benzene rings is 1. The van der Waals surface area contributed by atoms with Crippen molar-refractivity contribution in [2.45, 2.75) is 51.5 Å². The first kappa shape index (κ1) is 17.6. The van der Waals surface area contributed by atoms with Crippen LogP contribution in [0.25, 0.3) is 0 Å². The monoisotopic (exact) mass is 319 g/mol. The molecule has 4 nitrogen and oxygen atoms in total. The van der Waals surface area contributed by atoms with Crippen LogP contribution in [0.1, 0.15) is 44.6 Å². The summed E-state index contributed by atoms with van der Waals surface area (Å²) in [5.74, 6) is 2.36. The van der Waals surface area contributed by atoms with Crippen molar-refractivity contribution in [2.24, 2.45) is 5.92 Å². The van der Waals surface area contributed by atoms with Crippen LogP contribution in [0.3, 0.4) is 0 Å². The van der Waals surface area contributed by atoms with E-state index in [9.17, 15) is 4.79 Å². The predicted octanol–water partition coefficient (Wildman–Crippen LogP) is 3.67. The van der Waals surface area contributed by atoms with Gasteiger partial charge in [-0.1, -0.05) is 19.8 Å². The van der Waals surface area contributed by atoms with E-state index in [4.69, 9.17) is 9.47 Å². The van der Waals surface area contributed by atoms with Crippen molar-refractivity contribution in [2.75, 3.05) is 21.3 Å². The second kappa shape index (κ2) is 8.23. The summed E-state index contributed by atoms with van der Waals surface area (Å²) in [7, 11) is 5.24. The van der Waals surface area contributed by atoms with Gasteiger partial charge < -0.3 is 14.4 Å². The number of hydrogen-bond donors (Lipinski definition) is 0. The van der Waals surface area contributed by atoms with Gasteiger partial charge in [0.15, 0.2) is 0 Å². The number of hydrogen-bond acceptors (Lipinski definition) is 3. The summed E-state index contributed by atoms with van der Waals surface area (Å²) in [5, 5.41) is 0. The van der Waals surface area contributed by atoms with Crippen LogP contribution in [-0.4, -0.2) is 38.1 Å². The molecule has 1 fully saturated rings. The van der Waals surface area contributed by atoms with Gasteiger partial charge in [-0.15, -0.1) is 0 Å². The van der Waals surface area contributed by atoms with Gasteiger partial charge >= 0.3 is 0 Å². The molecular weight excluding hydrogens is 290 g/mol. The number of methoxy groups -OCH3 is 2. The van der Waals surface area contributed by atoms with Gasteiger partial charge in [0.1, 0.15) is 11.5 Å². The summed E-state index contributed by atoms with van der Waals surface area (Å²) in [5.41, 5.74) is 1.07. The summed E-state index contributed by atoms with van der Waals surface area (Å²) in [6, 6.07) is 6.19. The van der Waals surface area contributed by atoms with Gasteiger partial charge in [0, 0.05) is 25.6 Å². The van der Waals surface area contributed by atoms with Crippen molar-refractivity contribution in [1.82, 2.24) is 4.90 Å². The van der Waals surface area contributed by atoms with E-state index in [-0.39, 0.29) is 5.91 Å². The average Bonchev–Trinajstić information content (AvgIpc) is 2.59. The topological polar surface area (TPSA) is 38.8 Å². The van der Waals surface area contributed by atoms with Gasteiger partial charge in [-0.05, 0) is 42.9 Å². The molecule has 23 heavy (non-hydrogen) atoms. The van der Waals surface area contributed by atoms with Gasteiger partial charge in [0.2, 0.25) is 5.91 Å². The first-order valence-corrected chi connectivity index (χ1v) is 8.52. The summed E-state index contributed by atoms with van der Waals surface area (Å²) >= 11 is 0. The first-order valence-electron chi connectivity index (χ1n) is 8.52. The summed E-state index contributed by atoms with van der Waals surface area (Å²) in [4.78, 5) is 14.5. The zero-order valence-electron chi connectivity index (χ0n) is 14.8. The van der Waals surface area contributed by atoms with Gasteiger partial charge in [0.05, 0.1) is 14.2 Å². The molecule has 1 amide bonds. The Bertz CT molecular complexity index is 507. The number of aryl methyl sites for hydroxylation is 1. The fourth-order valence-corrected chi connectivity index (χ4v) is 3.50. The number of ether oxygens (including phenoxy) is 2. The molecule has 1 aliphatic carbocycles. The highest BCUT2D eigenvalue weighted by Crippen LogP contribution is 2.28. The van der Waals surface area contributed by atoms with E-state index in [1.807, 2.05) is 30.1 Å². The number of rotatable bonds is 6. The molecular formula is C19H29NO3. The maximum atomic E-state index is 12.5. The Morgan fingerprint density at radius 2 is 1.74 bits per heavy atom. The van der Waals surface area contributed by atoms with E-state index in [2.05, 4.69) is 6.92 Å². The standard InChI is InChI=1S/C19H29NO3/c1-14-7-5-6-8-18(14)20(2)19(21)10-9-15-11-16(22-3)13-17(12-15)23-4/h11-14,18H,5-10H2,1-4H3. The maximum Gasteiger partial charge on any atom is 0.222 e. The predicted molar refractivity (Wildman–Crippen MR) is 92.1 cm³/mol. The molecule has 0 radical (unpaired) electrons. The molecule has 1 aromatic rings. The molecule has 2 rings (SSSR count). The highest BCUT2D eigenvalue weighted by atomic mass is 16.5. The summed E-state index contributed by atoms with van der Waals surface area (Å²) in [6.45, 7) is 2.26. The highest BCUT2D eigenvalue weighted by molar-refractivity contribution is 5.76. The number of carbonyl (C=O) groups is 1. The molecule has 0 N–H and O–H groups in total. The molecule has 2 unspecified atom stereocenters. The molecule has 0 aliphatic heterocycles. The zero-order valence-corrected chi connectivity index (χ0v) is 14.8. The molecule has 0 heterocycles. The Hall–Kier alpha value is -1.71. The molecule has 0 bridgehead atoms. The molecule has 1 saturated carbocycles. The third kappa shape index (κ3) is 4.63. The van der Waals surface area contributed by atoms with E-state index >= 15 is 0 Å². The van der Waals surface area contributed by atoms with Crippen molar-refractivity contribution in [3.8, 4) is 11.5 Å². The van der Waals surface area contributed by atoms with Gasteiger partial charge in [-0.2, -0.15) is 0 Å². The first-order chi connectivity index (χ1) is 11.0. The SMILES string of the molecule is COc1cc(CCC(=O)N(C)C2CCCCC2C)cc(OC)c1. The van der Waals surface area contributed by atoms with E-state index in [1.54, 1.807) is 14.2 Å². The van der Waals surface area contributed by atoms with Crippen molar-refractivity contribution in [1.29, 1.82) is 0 Å². The van der Waals surface area contributed by atoms with Crippen LogP contribution < -0.4 is 9.47 Å². The zero-order chi connectivity index (χ0) is 16.8. The summed E-state index contributed by atoms with van der Waals surface area (Å²) in [6.07, 6.45) is 6.13. The average molecular weight is 319 g/mol. The number of carbonyl (C=O) groups excluding carboxylic acids is 1. The van der Waals surface area contributed by atoms with Gasteiger partial charge in [0.25, 0.3) is 0 Å². The van der Waals surface area contributed by atoms with Crippen LogP contribution in [0.4, 0.5) is 0 Å². The maximum absolute atomic E-state index is 12.5. The van der Waals surface area contributed by atoms with E-state index < -0.39 is 0 Å². The lowest BCUT2D eigenvalue weighted by Crippen LogP contribution is -2.42. The highest BCUT2D eigenvalue weighted by Gasteiger charge is 2.27. The Kier molecular flexibility index (Phi) is 6.31. The van der Waals surface area contributed by atoms with Crippen LogP contribution in [0.2, 0.25) is 0 Å². The fourth-order valence-electron chi connectivity index (χ4n) is 3.50. The third-order valence-electron chi connectivity index (χ3n) is 5.00. The molecule has 1 aliphatic rings. The van der Waals surface area contributed by atoms with Crippen LogP contribution in [0, 0.1) is 5.92 Å². The van der Waals surface area contributed by atoms with Crippen molar-refractivity contribution in [3.63, 3.8) is 0 Å². The van der Waals surface area contributed by atoms with Crippen molar-refractivity contribution >= 4 is 5.91 Å². The normalized spacial score (nSPS) is 20.9. The number of nitrogens with zero attached hydrogens (tertiary/aromatic N) is 1. The van der Waals surface area contributed by atoms with Crippen LogP contribution >= 0.6 is 0 Å². The largest absolute Gasteiger partial charge is 0.497 e. The smallest absolute Gasteiger partial charge is 0.222 e. The minimum Gasteiger partial charge on any atom is -0.497 e. The van der Waals surface area contributed by atoms with E-state index in [1.165, 1.54) is 19.3 Å². The van der Waals surface area contributed by atoms with Gasteiger partial charge in [-0.3, -0.25) is 4.79 Å². The third-order valence-corrected chi connectivity index (χ3v) is 5.00. The van der Waals surface area contributed by atoms with Crippen molar-refractivity contribution in [3.05, 3.63) is 23.8 Å². The van der Waals surface area contributed by atoms with E-state index in [0.29, 0.717) is 24.8 Å². The molecule has 2 atom stereocenters. The quantitative estimate of drug-likeness (QED) is 0.803. The lowest BCUT2D eigenvalue weighted by Gasteiger charge is -2.36. The molecule has 0 aromatic heterocycles. The second-order valence-electron chi connectivity index (χ2n) is 6.55. The minimum atomic E-state index is 0.227. The number of amides is 1. The fraction of sp³-hybridized carbons (Fsp3) is 0.632. The Morgan fingerprint density at radius 1 is 1.13 bits per heavy atom. The van der Waals surface area contributed by atoms with Gasteiger partial charge in [-0.25, -0.2) is 0 Å². The lowest BCUT2D eigenvalue weighted by molar-refractivity contribution is -0.133. The summed E-state index contributed by atoms with van der Waals surface area (Å²) < 4.78 is 10.6. The minimum absolute atomic E-state index is 0.227. The Morgan fingerprint density at radius 3 is 2.30 bits per heavy atom. The van der Waals surface area contributed by atoms with Crippen molar-refractivity contribution < 1.29 is 14.3 Å². The lowest BCUT2D eigenvalue weighted by atomic mass is 9.85. The van der Waals surface area contributed by atoms with Crippen LogP contribution in [-0.2, 0) is 11.2 Å². The van der Waals surface area contributed by atoms with Crippen LogP contribution in [0.15, 0.2) is 18.2 Å². The van der Waals surface area contributed by atoms with E-state index in [0.717, 1.165) is 23.5 Å². The Labute approximate surface area is 139 Å². The molecule has 4 heteroatoms. The van der Waals surface area contributed by atoms with Crippen LogP contribution in [0.5, 0.6) is 11.5 Å². The molecule has 0 spiro atoms. The molecule has 1 aromatic carbocycles. The molecule has 0 saturated heterocycles. The Balaban J connectivity index is 1.95. The molecule has 128 valence electrons.